The van der Waals surface area contributed by atoms with Gasteiger partial charge in [-0.05, 0) is 51.5 Å². The Morgan fingerprint density at radius 1 is 1.38 bits per heavy atom. The van der Waals surface area contributed by atoms with Crippen molar-refractivity contribution in [2.45, 2.75) is 53.1 Å². The molecule has 7 heteroatoms. The van der Waals surface area contributed by atoms with Crippen LogP contribution in [0.1, 0.15) is 54.9 Å². The Morgan fingerprint density at radius 2 is 2.12 bits per heavy atom. The molecule has 0 saturated carbocycles. The second-order valence-electron chi connectivity index (χ2n) is 6.34. The molecule has 0 saturated heterocycles. The predicted octanol–water partition coefficient (Wildman–Crippen LogP) is 3.50. The van der Waals surface area contributed by atoms with Crippen molar-refractivity contribution < 1.29 is 23.9 Å². The number of amides is 1. The molecule has 1 aliphatic rings. The first-order valence-corrected chi connectivity index (χ1v) is 9.64. The van der Waals surface area contributed by atoms with Crippen molar-refractivity contribution in [3.05, 3.63) is 28.2 Å². The highest BCUT2D eigenvalue weighted by Crippen LogP contribution is 2.40. The van der Waals surface area contributed by atoms with E-state index in [1.54, 1.807) is 19.9 Å². The van der Waals surface area contributed by atoms with Gasteiger partial charge in [0.2, 0.25) is 0 Å². The maximum Gasteiger partial charge on any atom is 0.341 e. The van der Waals surface area contributed by atoms with E-state index in [0.29, 0.717) is 16.5 Å². The SMILES string of the molecule is C/C=C/C(=O)O[C@H](C)C(=O)Nc1sc2c(c1C(=O)OCC)CC[C@H](C)C2. The van der Waals surface area contributed by atoms with Crippen molar-refractivity contribution in [2.75, 3.05) is 11.9 Å². The normalized spacial score (nSPS) is 17.5. The zero-order valence-electron chi connectivity index (χ0n) is 15.6. The molecule has 0 radical (unpaired) electrons. The van der Waals surface area contributed by atoms with Crippen molar-refractivity contribution >= 4 is 34.2 Å². The Morgan fingerprint density at radius 3 is 2.77 bits per heavy atom. The zero-order valence-corrected chi connectivity index (χ0v) is 16.4. The fraction of sp³-hybridized carbons (Fsp3) is 0.526. The van der Waals surface area contributed by atoms with E-state index in [9.17, 15) is 14.4 Å². The van der Waals surface area contributed by atoms with E-state index in [2.05, 4.69) is 12.2 Å². The molecule has 0 spiro atoms. The predicted molar refractivity (Wildman–Crippen MR) is 100 cm³/mol. The summed E-state index contributed by atoms with van der Waals surface area (Å²) >= 11 is 1.41. The van der Waals surface area contributed by atoms with Gasteiger partial charge in [0.1, 0.15) is 5.00 Å². The number of nitrogens with one attached hydrogen (secondary N) is 1. The van der Waals surface area contributed by atoms with Gasteiger partial charge in [0.15, 0.2) is 6.10 Å². The van der Waals surface area contributed by atoms with E-state index in [1.165, 1.54) is 24.3 Å². The van der Waals surface area contributed by atoms with E-state index >= 15 is 0 Å². The van der Waals surface area contributed by atoms with E-state index < -0.39 is 23.9 Å². The Hall–Kier alpha value is -2.15. The first-order chi connectivity index (χ1) is 12.4. The van der Waals surface area contributed by atoms with Crippen LogP contribution in [0.15, 0.2) is 12.2 Å². The lowest BCUT2D eigenvalue weighted by atomic mass is 9.88. The van der Waals surface area contributed by atoms with Crippen LogP contribution in [0.2, 0.25) is 0 Å². The summed E-state index contributed by atoms with van der Waals surface area (Å²) in [5.74, 6) is -0.936. The van der Waals surface area contributed by atoms with E-state index in [-0.39, 0.29) is 6.61 Å². The molecule has 1 aliphatic carbocycles. The average molecular weight is 379 g/mol. The van der Waals surface area contributed by atoms with Crippen LogP contribution in [-0.4, -0.2) is 30.6 Å². The summed E-state index contributed by atoms with van der Waals surface area (Å²) in [7, 11) is 0. The van der Waals surface area contributed by atoms with Gasteiger partial charge in [0.05, 0.1) is 12.2 Å². The monoisotopic (exact) mass is 379 g/mol. The molecule has 2 atom stereocenters. The molecule has 142 valence electrons. The Bertz CT molecular complexity index is 722. The molecule has 0 fully saturated rings. The highest BCUT2D eigenvalue weighted by molar-refractivity contribution is 7.17. The van der Waals surface area contributed by atoms with Crippen LogP contribution in [0, 0.1) is 5.92 Å². The number of allylic oxidation sites excluding steroid dienone is 1. The summed E-state index contributed by atoms with van der Waals surface area (Å²) in [6.45, 7) is 7.38. The number of carbonyl (C=O) groups is 3. The standard InChI is InChI=1S/C19H25NO5S/c1-5-7-15(21)25-12(4)17(22)20-18-16(19(23)24-6-2)13-9-8-11(3)10-14(13)26-18/h5,7,11-12H,6,8-10H2,1-4H3,(H,20,22)/b7-5+/t11-,12+/m0/s1. The molecule has 0 unspecified atom stereocenters. The van der Waals surface area contributed by atoms with Crippen molar-refractivity contribution in [1.29, 1.82) is 0 Å². The molecule has 1 aromatic heterocycles. The van der Waals surface area contributed by atoms with Crippen LogP contribution in [0.5, 0.6) is 0 Å². The van der Waals surface area contributed by atoms with Gasteiger partial charge in [-0.3, -0.25) is 4.79 Å². The Labute approximate surface area is 157 Å². The van der Waals surface area contributed by atoms with Crippen molar-refractivity contribution in [2.24, 2.45) is 5.92 Å². The molecule has 1 amide bonds. The van der Waals surface area contributed by atoms with Crippen LogP contribution in [0.3, 0.4) is 0 Å². The Kier molecular flexibility index (Phi) is 6.97. The van der Waals surface area contributed by atoms with Crippen LogP contribution < -0.4 is 5.32 Å². The third-order valence-electron chi connectivity index (χ3n) is 4.19. The number of esters is 2. The van der Waals surface area contributed by atoms with Gasteiger partial charge >= 0.3 is 11.9 Å². The van der Waals surface area contributed by atoms with Gasteiger partial charge < -0.3 is 14.8 Å². The minimum Gasteiger partial charge on any atom is -0.462 e. The second-order valence-corrected chi connectivity index (χ2v) is 7.45. The molecule has 1 N–H and O–H groups in total. The van der Waals surface area contributed by atoms with Crippen LogP contribution >= 0.6 is 11.3 Å². The third-order valence-corrected chi connectivity index (χ3v) is 5.36. The quantitative estimate of drug-likeness (QED) is 0.604. The number of carbonyl (C=O) groups excluding carboxylic acids is 3. The van der Waals surface area contributed by atoms with Gasteiger partial charge in [-0.1, -0.05) is 13.0 Å². The molecular formula is C19H25NO5S. The van der Waals surface area contributed by atoms with Gasteiger partial charge in [-0.25, -0.2) is 9.59 Å². The first kappa shape index (κ1) is 20.2. The van der Waals surface area contributed by atoms with Crippen LogP contribution in [-0.2, 0) is 31.9 Å². The highest BCUT2D eigenvalue weighted by atomic mass is 32.1. The molecule has 0 aromatic carbocycles. The Balaban J connectivity index is 2.23. The lowest BCUT2D eigenvalue weighted by Gasteiger charge is -2.18. The molecular weight excluding hydrogens is 354 g/mol. The van der Waals surface area contributed by atoms with E-state index in [4.69, 9.17) is 9.47 Å². The van der Waals surface area contributed by atoms with Gasteiger partial charge in [0, 0.05) is 11.0 Å². The topological polar surface area (TPSA) is 81.7 Å². The maximum absolute atomic E-state index is 12.4. The number of hydrogen-bond donors (Lipinski definition) is 1. The minimum atomic E-state index is -0.966. The summed E-state index contributed by atoms with van der Waals surface area (Å²) in [5, 5.41) is 3.22. The lowest BCUT2D eigenvalue weighted by molar-refractivity contribution is -0.148. The molecule has 26 heavy (non-hydrogen) atoms. The van der Waals surface area contributed by atoms with Gasteiger partial charge in [0.25, 0.3) is 5.91 Å². The summed E-state index contributed by atoms with van der Waals surface area (Å²) in [5.41, 5.74) is 1.42. The zero-order chi connectivity index (χ0) is 19.3. The molecule has 0 bridgehead atoms. The number of thiophene rings is 1. The van der Waals surface area contributed by atoms with Crippen LogP contribution in [0.25, 0.3) is 0 Å². The average Bonchev–Trinajstić information content (AvgIpc) is 2.91. The molecule has 0 aliphatic heterocycles. The number of rotatable bonds is 6. The maximum atomic E-state index is 12.4. The molecule has 1 heterocycles. The molecule has 6 nitrogen and oxygen atoms in total. The summed E-state index contributed by atoms with van der Waals surface area (Å²) in [6, 6.07) is 0. The number of ether oxygens (including phenoxy) is 2. The molecule has 1 aromatic rings. The first-order valence-electron chi connectivity index (χ1n) is 8.83. The minimum absolute atomic E-state index is 0.268. The van der Waals surface area contributed by atoms with Crippen molar-refractivity contribution in [3.63, 3.8) is 0 Å². The largest absolute Gasteiger partial charge is 0.462 e. The summed E-state index contributed by atoms with van der Waals surface area (Å²) in [4.78, 5) is 37.5. The van der Waals surface area contributed by atoms with E-state index in [0.717, 1.165) is 29.7 Å². The second kappa shape index (κ2) is 8.98. The molecule has 2 rings (SSSR count). The number of fused-ring (bicyclic) bond motifs is 1. The van der Waals surface area contributed by atoms with Crippen LogP contribution in [0.4, 0.5) is 5.00 Å². The number of hydrogen-bond acceptors (Lipinski definition) is 6. The fourth-order valence-corrected chi connectivity index (χ4v) is 4.28. The fourth-order valence-electron chi connectivity index (χ4n) is 2.87. The summed E-state index contributed by atoms with van der Waals surface area (Å²) in [6.07, 6.45) is 4.50. The number of anilines is 1. The van der Waals surface area contributed by atoms with Gasteiger partial charge in [-0.2, -0.15) is 0 Å². The van der Waals surface area contributed by atoms with Gasteiger partial charge in [-0.15, -0.1) is 11.3 Å². The highest BCUT2D eigenvalue weighted by Gasteiger charge is 2.30. The van der Waals surface area contributed by atoms with E-state index in [1.807, 2.05) is 0 Å². The summed E-state index contributed by atoms with van der Waals surface area (Å²) < 4.78 is 10.2. The smallest absolute Gasteiger partial charge is 0.341 e. The van der Waals surface area contributed by atoms with Crippen molar-refractivity contribution in [3.8, 4) is 0 Å². The third kappa shape index (κ3) is 4.72. The lowest BCUT2D eigenvalue weighted by Crippen LogP contribution is -2.29. The van der Waals surface area contributed by atoms with Crippen molar-refractivity contribution in [1.82, 2.24) is 0 Å².